The number of halogens is 7. The van der Waals surface area contributed by atoms with Crippen LogP contribution in [0.2, 0.25) is 0 Å². The number of carbonyl (C=O) groups is 1. The average molecular weight is 663 g/mol. The quantitative estimate of drug-likeness (QED) is 0.121. The van der Waals surface area contributed by atoms with Crippen LogP contribution in [0.5, 0.6) is 5.75 Å². The Hall–Kier alpha value is -3.58. The molecular weight excluding hydrogens is 651 g/mol. The molecule has 0 bridgehead atoms. The zero-order valence-corrected chi connectivity index (χ0v) is 21.6. The third-order valence-corrected chi connectivity index (χ3v) is 6.59. The molecule has 0 saturated heterocycles. The number of rotatable bonds is 6. The van der Waals surface area contributed by atoms with E-state index in [1.807, 2.05) is 6.07 Å². The van der Waals surface area contributed by atoms with Gasteiger partial charge in [-0.3, -0.25) is 0 Å². The van der Waals surface area contributed by atoms with Crippen LogP contribution in [0.25, 0.3) is 22.6 Å². The molecule has 6 nitrogen and oxygen atoms in total. The van der Waals surface area contributed by atoms with Crippen LogP contribution in [0, 0.1) is 11.3 Å². The van der Waals surface area contributed by atoms with Crippen LogP contribution in [0.15, 0.2) is 54.9 Å². The van der Waals surface area contributed by atoms with Crippen LogP contribution in [0.4, 0.5) is 26.3 Å². The first-order valence-electron chi connectivity index (χ1n) is 10.3. The second-order valence-electron chi connectivity index (χ2n) is 7.68. The van der Waals surface area contributed by atoms with Gasteiger partial charge in [0.1, 0.15) is 5.75 Å². The van der Waals surface area contributed by atoms with E-state index in [1.165, 1.54) is 70.2 Å². The van der Waals surface area contributed by atoms with E-state index in [4.69, 9.17) is 0 Å². The summed E-state index contributed by atoms with van der Waals surface area (Å²) in [6, 6.07) is 11.6. The fourth-order valence-corrected chi connectivity index (χ4v) is 4.62. The third kappa shape index (κ3) is 6.27. The summed E-state index contributed by atoms with van der Waals surface area (Å²) in [4.78, 5) is 15.3. The van der Waals surface area contributed by atoms with Gasteiger partial charge in [0.25, 0.3) is 0 Å². The highest BCUT2D eigenvalue weighted by atomic mass is 127. The van der Waals surface area contributed by atoms with Crippen molar-refractivity contribution in [3.63, 3.8) is 0 Å². The molecule has 4 rings (SSSR count). The van der Waals surface area contributed by atoms with Crippen LogP contribution in [0.1, 0.15) is 31.4 Å². The summed E-state index contributed by atoms with van der Waals surface area (Å²) >= 11 is 1.86. The Morgan fingerprint density at radius 2 is 1.79 bits per heavy atom. The topological polar surface area (TPSA) is 77.1 Å². The summed E-state index contributed by atoms with van der Waals surface area (Å²) in [7, 11) is 0. The van der Waals surface area contributed by atoms with E-state index in [1.54, 1.807) is 0 Å². The van der Waals surface area contributed by atoms with Crippen LogP contribution in [-0.2, 0) is 15.8 Å². The van der Waals surface area contributed by atoms with Gasteiger partial charge in [-0.1, -0.05) is 12.1 Å². The van der Waals surface area contributed by atoms with Crippen LogP contribution in [0.3, 0.4) is 0 Å². The molecule has 0 aliphatic heterocycles. The second kappa shape index (κ2) is 10.7. The maximum Gasteiger partial charge on any atom is 0.573 e. The highest BCUT2D eigenvalue weighted by Gasteiger charge is 2.34. The summed E-state index contributed by atoms with van der Waals surface area (Å²) in [5.74, 6) is -1.09. The molecule has 0 unspecified atom stereocenters. The number of alkyl halides is 6. The largest absolute Gasteiger partial charge is 0.573 e. The Kier molecular flexibility index (Phi) is 7.70. The molecule has 0 aliphatic rings. The number of aromatic nitrogens is 2. The second-order valence-corrected chi connectivity index (χ2v) is 9.24. The minimum Gasteiger partial charge on any atom is -0.406 e. The zero-order valence-electron chi connectivity index (χ0n) is 18.6. The predicted molar refractivity (Wildman–Crippen MR) is 134 cm³/mol. The van der Waals surface area contributed by atoms with Crippen molar-refractivity contribution in [1.29, 1.82) is 5.26 Å². The fourth-order valence-electron chi connectivity index (χ4n) is 3.59. The molecule has 0 radical (unpaired) electrons. The van der Waals surface area contributed by atoms with Crippen molar-refractivity contribution < 1.29 is 38.9 Å². The molecule has 2 aromatic carbocycles. The van der Waals surface area contributed by atoms with Crippen molar-refractivity contribution in [1.82, 2.24) is 9.55 Å². The van der Waals surface area contributed by atoms with Crippen molar-refractivity contribution in [2.75, 3.05) is 0 Å². The number of nitrogens with zero attached hydrogens (tertiary/aromatic N) is 3. The van der Waals surface area contributed by atoms with Crippen molar-refractivity contribution in [3.05, 3.63) is 81.4 Å². The van der Waals surface area contributed by atoms with Gasteiger partial charge in [0, 0.05) is 34.3 Å². The van der Waals surface area contributed by atoms with Crippen molar-refractivity contribution in [2.45, 2.75) is 19.1 Å². The predicted octanol–water partition coefficient (Wildman–Crippen LogP) is 7.63. The number of ether oxygens (including phenoxy) is 1. The van der Waals surface area contributed by atoms with Crippen molar-refractivity contribution in [2.24, 2.45) is 0 Å². The standard InChI is InChI=1S/C24H12F6IN3O3S/c25-23(26,27)22-33-10-18(38-22)12-34-11-16(19-6-5-17(8-20(19)34)36-24(28,29)30)7-15(9-32)13-1-3-14(4-2-13)21(35)37-31/h1-8,10-11H,12H2/b15-7+. The Bertz CT molecular complexity index is 1570. The number of nitriles is 1. The summed E-state index contributed by atoms with van der Waals surface area (Å²) in [6.45, 7) is -0.122. The summed E-state index contributed by atoms with van der Waals surface area (Å²) in [5, 5.41) is 9.13. The van der Waals surface area contributed by atoms with Gasteiger partial charge in [0.15, 0.2) is 28.0 Å². The Balaban J connectivity index is 1.78. The number of benzene rings is 2. The Morgan fingerprint density at radius 1 is 1.11 bits per heavy atom. The average Bonchev–Trinajstić information content (AvgIpc) is 3.46. The molecular formula is C24H12F6IN3O3S. The summed E-state index contributed by atoms with van der Waals surface area (Å²) in [6.07, 6.45) is -5.53. The maximum absolute atomic E-state index is 13.0. The molecule has 196 valence electrons. The minimum absolute atomic E-state index is 0.122. The zero-order chi connectivity index (χ0) is 27.7. The Labute approximate surface area is 228 Å². The van der Waals surface area contributed by atoms with Gasteiger partial charge < -0.3 is 12.4 Å². The van der Waals surface area contributed by atoms with E-state index in [2.05, 4.69) is 12.8 Å². The molecule has 0 saturated carbocycles. The third-order valence-electron chi connectivity index (χ3n) is 5.16. The Morgan fingerprint density at radius 3 is 2.37 bits per heavy atom. The number of fused-ring (bicyclic) bond motifs is 1. The smallest absolute Gasteiger partial charge is 0.406 e. The lowest BCUT2D eigenvalue weighted by Crippen LogP contribution is -2.17. The minimum atomic E-state index is -4.95. The number of hydrogen-bond acceptors (Lipinski definition) is 6. The molecule has 2 heterocycles. The lowest BCUT2D eigenvalue weighted by Gasteiger charge is -2.10. The molecule has 0 aliphatic carbocycles. The summed E-state index contributed by atoms with van der Waals surface area (Å²) < 4.78 is 87.5. The molecule has 14 heteroatoms. The van der Waals surface area contributed by atoms with E-state index >= 15 is 0 Å². The molecule has 0 N–H and O–H groups in total. The molecule has 0 fully saturated rings. The SMILES string of the molecule is N#C/C(=C\c1cn(Cc2cnc(C(F)(F)F)s2)c2cc(OC(F)(F)F)ccc12)c1ccc(C(=O)OI)cc1. The van der Waals surface area contributed by atoms with Gasteiger partial charge in [0.05, 0.1) is 29.3 Å². The summed E-state index contributed by atoms with van der Waals surface area (Å²) in [5.41, 5.74) is 1.54. The monoisotopic (exact) mass is 663 g/mol. The number of carbonyl (C=O) groups excluding carboxylic acids is 1. The molecule has 38 heavy (non-hydrogen) atoms. The normalized spacial score (nSPS) is 12.4. The van der Waals surface area contributed by atoms with E-state index in [0.717, 1.165) is 18.3 Å². The van der Waals surface area contributed by atoms with E-state index < -0.39 is 29.3 Å². The maximum atomic E-state index is 13.0. The number of allylic oxidation sites excluding steroid dienone is 1. The van der Waals surface area contributed by atoms with Gasteiger partial charge in [-0.2, -0.15) is 18.4 Å². The number of thiazole rings is 1. The molecule has 0 spiro atoms. The fraction of sp³-hybridized carbons (Fsp3) is 0.125. The van der Waals surface area contributed by atoms with Gasteiger partial charge in [0.2, 0.25) is 0 Å². The lowest BCUT2D eigenvalue weighted by atomic mass is 10.0. The lowest BCUT2D eigenvalue weighted by molar-refractivity contribution is -0.274. The van der Waals surface area contributed by atoms with Crippen LogP contribution < -0.4 is 4.74 Å². The molecule has 2 aromatic heterocycles. The molecule has 0 amide bonds. The van der Waals surface area contributed by atoms with Crippen molar-refractivity contribution >= 4 is 62.9 Å². The van der Waals surface area contributed by atoms with E-state index in [-0.39, 0.29) is 28.1 Å². The van der Waals surface area contributed by atoms with E-state index in [0.29, 0.717) is 27.8 Å². The number of hydrogen-bond donors (Lipinski definition) is 0. The first-order chi connectivity index (χ1) is 17.9. The van der Waals surface area contributed by atoms with Crippen molar-refractivity contribution in [3.8, 4) is 11.8 Å². The van der Waals surface area contributed by atoms with E-state index in [9.17, 15) is 36.4 Å². The van der Waals surface area contributed by atoms with Crippen LogP contribution >= 0.6 is 34.3 Å². The van der Waals surface area contributed by atoms with Gasteiger partial charge in [-0.15, -0.1) is 24.5 Å². The first kappa shape index (κ1) is 27.5. The van der Waals surface area contributed by atoms with Gasteiger partial charge in [-0.25, -0.2) is 9.78 Å². The highest BCUT2D eigenvalue weighted by molar-refractivity contribution is 14.1. The highest BCUT2D eigenvalue weighted by Crippen LogP contribution is 2.35. The molecule has 4 aromatic rings. The first-order valence-corrected chi connectivity index (χ1v) is 12.0. The molecule has 0 atom stereocenters. The van der Waals surface area contributed by atoms with Crippen LogP contribution in [-0.4, -0.2) is 21.9 Å². The van der Waals surface area contributed by atoms with Gasteiger partial charge in [-0.05, 0) is 35.9 Å². The van der Waals surface area contributed by atoms with Gasteiger partial charge >= 0.3 is 18.5 Å².